The Bertz CT molecular complexity index is 1670. The Hall–Kier alpha value is -3.77. The van der Waals surface area contributed by atoms with Gasteiger partial charge in [0.15, 0.2) is 8.24 Å². The van der Waals surface area contributed by atoms with Gasteiger partial charge in [-0.05, 0) is 92.2 Å². The molecule has 9 heteroatoms. The molecule has 234 valence electrons. The van der Waals surface area contributed by atoms with Gasteiger partial charge in [-0.25, -0.2) is 9.78 Å². The maximum absolute atomic E-state index is 12.8. The first-order valence-corrected chi connectivity index (χ1v) is 18.2. The van der Waals surface area contributed by atoms with Crippen LogP contribution in [0, 0.1) is 11.3 Å². The number of carbonyl (C=O) groups is 1. The molecule has 1 aliphatic heterocycles. The quantitative estimate of drug-likeness (QED) is 0.203. The lowest BCUT2D eigenvalue weighted by Crippen LogP contribution is -2.51. The number of piperidine rings is 1. The fraction of sp³-hybridized carbons (Fsp3) is 0.514. The number of carbonyl (C=O) groups excluding carboxylic acids is 1. The maximum atomic E-state index is 12.8. The summed E-state index contributed by atoms with van der Waals surface area (Å²) < 4.78 is 8.38. The van der Waals surface area contributed by atoms with Crippen LogP contribution < -0.4 is 5.32 Å². The summed E-state index contributed by atoms with van der Waals surface area (Å²) in [6.07, 6.45) is 5.82. The van der Waals surface area contributed by atoms with E-state index in [1.807, 2.05) is 37.8 Å². The lowest BCUT2D eigenvalue weighted by molar-refractivity contribution is 0.0205. The number of fused-ring (bicyclic) bond motifs is 2. The summed E-state index contributed by atoms with van der Waals surface area (Å²) in [6, 6.07) is 12.8. The summed E-state index contributed by atoms with van der Waals surface area (Å²) in [5.74, 6) is 1.11. The number of pyridine rings is 1. The second kappa shape index (κ2) is 12.0. The molecule has 0 radical (unpaired) electrons. The lowest BCUT2D eigenvalue weighted by atomic mass is 9.89. The summed E-state index contributed by atoms with van der Waals surface area (Å²) in [5.41, 5.74) is 6.09. The molecule has 0 atom stereocenters. The molecule has 0 unspecified atom stereocenters. The Kier molecular flexibility index (Phi) is 8.60. The van der Waals surface area contributed by atoms with Crippen LogP contribution >= 0.6 is 0 Å². The van der Waals surface area contributed by atoms with Crippen molar-refractivity contribution in [1.82, 2.24) is 19.1 Å². The molecule has 0 spiro atoms. The number of nitrogens with zero attached hydrogens (tertiary/aromatic N) is 4. The van der Waals surface area contributed by atoms with E-state index in [0.717, 1.165) is 29.7 Å². The number of amides is 1. The molecule has 4 heterocycles. The van der Waals surface area contributed by atoms with Gasteiger partial charge in [0.05, 0.1) is 5.56 Å². The van der Waals surface area contributed by atoms with Gasteiger partial charge in [0.2, 0.25) is 0 Å². The first-order valence-electron chi connectivity index (χ1n) is 16.0. The number of aromatic nitrogens is 3. The van der Waals surface area contributed by atoms with E-state index < -0.39 is 13.8 Å². The zero-order valence-corrected chi connectivity index (χ0v) is 28.8. The smallest absolute Gasteiger partial charge is 0.410 e. The monoisotopic (exact) mass is 612 g/mol. The average Bonchev–Trinajstić information content (AvgIpc) is 3.53. The number of nitrogens with one attached hydrogen (secondary N) is 2. The standard InChI is InChI=1S/C35H48N6O2Si/c1-22(2)44(23(3)4,24(5)6)41-21-30(25-14-16-40(17-15-25)34(42)43-35(7,8)9)29-11-10-27(18-31(29)41)38-32-13-12-28-26(19-36)20-37-33(28)39-32/h10-13,18,20-25H,14-17H2,1-9H3,(H2,37,38,39). The number of rotatable bonds is 7. The summed E-state index contributed by atoms with van der Waals surface area (Å²) in [4.78, 5) is 22.5. The van der Waals surface area contributed by atoms with E-state index in [9.17, 15) is 10.1 Å². The van der Waals surface area contributed by atoms with E-state index >= 15 is 0 Å². The second-order valence-corrected chi connectivity index (χ2v) is 20.0. The van der Waals surface area contributed by atoms with Crippen molar-refractivity contribution < 1.29 is 9.53 Å². The van der Waals surface area contributed by atoms with Crippen LogP contribution in [-0.2, 0) is 4.74 Å². The van der Waals surface area contributed by atoms with Gasteiger partial charge in [-0.2, -0.15) is 5.26 Å². The van der Waals surface area contributed by atoms with Crippen molar-refractivity contribution in [1.29, 1.82) is 5.26 Å². The Balaban J connectivity index is 1.54. The van der Waals surface area contributed by atoms with Gasteiger partial charge in [0.25, 0.3) is 0 Å². The number of anilines is 2. The zero-order valence-electron chi connectivity index (χ0n) is 27.8. The molecular weight excluding hydrogens is 565 g/mol. The summed E-state index contributed by atoms with van der Waals surface area (Å²) >= 11 is 0. The Morgan fingerprint density at radius 1 is 1.05 bits per heavy atom. The van der Waals surface area contributed by atoms with Crippen LogP contribution in [-0.4, -0.2) is 52.1 Å². The molecule has 0 aliphatic carbocycles. The van der Waals surface area contributed by atoms with Crippen molar-refractivity contribution in [3.63, 3.8) is 0 Å². The molecule has 1 aliphatic rings. The van der Waals surface area contributed by atoms with Gasteiger partial charge in [-0.3, -0.25) is 0 Å². The number of hydrogen-bond donors (Lipinski definition) is 2. The van der Waals surface area contributed by atoms with Gasteiger partial charge >= 0.3 is 6.09 Å². The van der Waals surface area contributed by atoms with Crippen LogP contribution in [0.4, 0.5) is 16.3 Å². The SMILES string of the molecule is CC(C)[Si](C(C)C)(C(C)C)n1cc(C2CCN(C(=O)OC(C)(C)C)CC2)c2ccc(Nc3ccc4c(C#N)c[nH]c4n3)cc21. The van der Waals surface area contributed by atoms with Crippen LogP contribution in [0.1, 0.15) is 92.2 Å². The fourth-order valence-corrected chi connectivity index (χ4v) is 14.5. The van der Waals surface area contributed by atoms with Gasteiger partial charge in [-0.1, -0.05) is 47.6 Å². The van der Waals surface area contributed by atoms with E-state index in [4.69, 9.17) is 9.72 Å². The molecule has 5 rings (SSSR count). The molecule has 0 saturated carbocycles. The van der Waals surface area contributed by atoms with E-state index in [1.165, 1.54) is 16.5 Å². The molecule has 1 aromatic carbocycles. The third kappa shape index (κ3) is 5.72. The van der Waals surface area contributed by atoms with Crippen molar-refractivity contribution in [2.24, 2.45) is 0 Å². The highest BCUT2D eigenvalue weighted by Gasteiger charge is 2.46. The number of nitriles is 1. The lowest BCUT2D eigenvalue weighted by Gasteiger charge is -2.44. The summed E-state index contributed by atoms with van der Waals surface area (Å²) in [6.45, 7) is 21.6. The fourth-order valence-electron chi connectivity index (χ4n) is 7.83. The van der Waals surface area contributed by atoms with E-state index in [-0.39, 0.29) is 6.09 Å². The topological polar surface area (TPSA) is 99.0 Å². The molecule has 0 bridgehead atoms. The number of H-pyrrole nitrogens is 1. The minimum atomic E-state index is -2.07. The predicted octanol–water partition coefficient (Wildman–Crippen LogP) is 9.27. The van der Waals surface area contributed by atoms with Crippen molar-refractivity contribution in [2.45, 2.75) is 103 Å². The van der Waals surface area contributed by atoms with E-state index in [0.29, 0.717) is 46.8 Å². The molecule has 8 nitrogen and oxygen atoms in total. The third-order valence-electron chi connectivity index (χ3n) is 9.55. The molecule has 4 aromatic rings. The average molecular weight is 613 g/mol. The number of aromatic amines is 1. The van der Waals surface area contributed by atoms with Crippen LogP contribution in [0.2, 0.25) is 16.6 Å². The Morgan fingerprint density at radius 2 is 1.68 bits per heavy atom. The second-order valence-electron chi connectivity index (χ2n) is 14.3. The molecular formula is C35H48N6O2Si. The first-order chi connectivity index (χ1) is 20.8. The van der Waals surface area contributed by atoms with E-state index in [2.05, 4.69) is 86.5 Å². The van der Waals surface area contributed by atoms with Gasteiger partial charge in [-0.15, -0.1) is 0 Å². The Labute approximate surface area is 262 Å². The highest BCUT2D eigenvalue weighted by Crippen LogP contribution is 2.47. The number of ether oxygens (including phenoxy) is 1. The van der Waals surface area contributed by atoms with Crippen molar-refractivity contribution in [3.05, 3.63) is 53.9 Å². The van der Waals surface area contributed by atoms with Crippen molar-refractivity contribution in [3.8, 4) is 6.07 Å². The van der Waals surface area contributed by atoms with Crippen molar-refractivity contribution in [2.75, 3.05) is 18.4 Å². The maximum Gasteiger partial charge on any atom is 0.410 e. The van der Waals surface area contributed by atoms with Gasteiger partial charge < -0.3 is 24.2 Å². The zero-order chi connectivity index (χ0) is 32.0. The molecule has 1 amide bonds. The van der Waals surface area contributed by atoms with Crippen LogP contribution in [0.25, 0.3) is 21.9 Å². The molecule has 44 heavy (non-hydrogen) atoms. The molecule has 1 saturated heterocycles. The number of benzene rings is 1. The Morgan fingerprint density at radius 3 is 2.27 bits per heavy atom. The largest absolute Gasteiger partial charge is 0.444 e. The minimum absolute atomic E-state index is 0.213. The summed E-state index contributed by atoms with van der Waals surface area (Å²) in [5, 5.41) is 15.0. The first kappa shape index (κ1) is 31.6. The number of likely N-dealkylation sites (tertiary alicyclic amines) is 1. The molecule has 2 N–H and O–H groups in total. The molecule has 3 aromatic heterocycles. The van der Waals surface area contributed by atoms with Gasteiger partial charge in [0.1, 0.15) is 23.1 Å². The normalized spacial score (nSPS) is 15.1. The van der Waals surface area contributed by atoms with E-state index in [1.54, 1.807) is 6.20 Å². The number of hydrogen-bond acceptors (Lipinski definition) is 5. The highest BCUT2D eigenvalue weighted by atomic mass is 28.3. The summed E-state index contributed by atoms with van der Waals surface area (Å²) in [7, 11) is -2.07. The predicted molar refractivity (Wildman–Crippen MR) is 182 cm³/mol. The minimum Gasteiger partial charge on any atom is -0.444 e. The van der Waals surface area contributed by atoms with Crippen LogP contribution in [0.3, 0.4) is 0 Å². The van der Waals surface area contributed by atoms with Gasteiger partial charge in [0, 0.05) is 41.3 Å². The molecule has 1 fully saturated rings. The van der Waals surface area contributed by atoms with Crippen molar-refractivity contribution >= 4 is 47.8 Å². The van der Waals surface area contributed by atoms with Crippen LogP contribution in [0.5, 0.6) is 0 Å². The third-order valence-corrected chi connectivity index (χ3v) is 16.3. The highest BCUT2D eigenvalue weighted by molar-refractivity contribution is 6.82. The van der Waals surface area contributed by atoms with Crippen LogP contribution in [0.15, 0.2) is 42.7 Å².